The van der Waals surface area contributed by atoms with Gasteiger partial charge < -0.3 is 9.13 Å². The van der Waals surface area contributed by atoms with E-state index in [0.717, 1.165) is 11.4 Å². The molecule has 2 nitrogen and oxygen atoms in total. The number of hydrogen-bond donors (Lipinski definition) is 0. The minimum absolute atomic E-state index is 0.510. The number of hydrogen-bond acceptors (Lipinski definition) is 0. The monoisotopic (exact) mass is 982 g/mol. The molecule has 0 saturated heterocycles. The van der Waals surface area contributed by atoms with E-state index in [9.17, 15) is 0 Å². The summed E-state index contributed by atoms with van der Waals surface area (Å²) in [6.45, 7) is 0. The van der Waals surface area contributed by atoms with Gasteiger partial charge in [0.05, 0.1) is 27.5 Å². The summed E-state index contributed by atoms with van der Waals surface area (Å²) in [5.74, 6) is 0. The number of aromatic nitrogens is 2. The van der Waals surface area contributed by atoms with E-state index < -0.39 is 13.5 Å². The molecular formula is C73H50N2Si. The molecule has 14 aromatic rings. The van der Waals surface area contributed by atoms with Crippen molar-refractivity contribution in [3.8, 4) is 33.6 Å². The molecule has 3 heteroatoms. The Balaban J connectivity index is 0.886. The molecule has 0 atom stereocenters. The fraction of sp³-hybridized carbons (Fsp3) is 0.0137. The van der Waals surface area contributed by atoms with Crippen molar-refractivity contribution < 1.29 is 0 Å². The third-order valence-electron chi connectivity index (χ3n) is 16.6. The van der Waals surface area contributed by atoms with Crippen molar-refractivity contribution in [3.05, 3.63) is 326 Å². The van der Waals surface area contributed by atoms with Gasteiger partial charge in [-0.3, -0.25) is 0 Å². The van der Waals surface area contributed by atoms with E-state index in [1.807, 2.05) is 0 Å². The standard InChI is InChI=1S/C73H50N2Si/c1-6-23-52(24-7-1)73(53-25-8-2-9-26-53)67-38-19-16-33-61(67)64-37-22-36-60(72(64)73)51-41-47-70-65(49-51)62-34-17-21-40-69(62)75(70)55-44-48-71-66(50-55)63-35-18-20-39-68(63)74(71)54-42-45-59(46-43-54)76(56-27-10-3-11-28-56,57-29-12-4-13-30-57)58-31-14-5-15-32-58/h1-50H. The summed E-state index contributed by atoms with van der Waals surface area (Å²) in [5, 5.41) is 10.4. The van der Waals surface area contributed by atoms with Gasteiger partial charge in [0, 0.05) is 32.9 Å². The van der Waals surface area contributed by atoms with Gasteiger partial charge in [0.25, 0.3) is 0 Å². The summed E-state index contributed by atoms with van der Waals surface area (Å²) < 4.78 is 4.92. The van der Waals surface area contributed by atoms with Gasteiger partial charge in [0.1, 0.15) is 0 Å². The Morgan fingerprint density at radius 1 is 0.263 bits per heavy atom. The van der Waals surface area contributed by atoms with Crippen LogP contribution in [0.15, 0.2) is 303 Å². The SMILES string of the molecule is c1ccc(C2(c3ccccc3)c3ccccc3-c3cccc(-c4ccc5c(c4)c4ccccc4n5-c4ccc5c(c4)c4ccccc4n5-c4ccc([Si](c5ccccc5)(c5ccccc5)c5ccccc5)cc4)c32)cc1. The maximum Gasteiger partial charge on any atom is 0.179 e. The molecule has 0 N–H and O–H groups in total. The maximum atomic E-state index is 2.47. The zero-order chi connectivity index (χ0) is 50.2. The van der Waals surface area contributed by atoms with Crippen molar-refractivity contribution >= 4 is 72.4 Å². The summed E-state index contributed by atoms with van der Waals surface area (Å²) in [7, 11) is -2.69. The lowest BCUT2D eigenvalue weighted by Crippen LogP contribution is -2.74. The quantitative estimate of drug-likeness (QED) is 0.101. The lowest BCUT2D eigenvalue weighted by atomic mass is 9.66. The van der Waals surface area contributed by atoms with Crippen molar-refractivity contribution in [2.24, 2.45) is 0 Å². The highest BCUT2D eigenvalue weighted by Crippen LogP contribution is 2.59. The maximum absolute atomic E-state index is 2.69. The van der Waals surface area contributed by atoms with Crippen LogP contribution in [0.1, 0.15) is 22.3 Å². The topological polar surface area (TPSA) is 9.86 Å². The Kier molecular flexibility index (Phi) is 10.2. The molecule has 2 heterocycles. The Labute approximate surface area is 443 Å². The third-order valence-corrected chi connectivity index (χ3v) is 21.3. The largest absolute Gasteiger partial charge is 0.309 e. The number of rotatable bonds is 9. The minimum atomic E-state index is -2.69. The molecule has 1 aliphatic carbocycles. The van der Waals surface area contributed by atoms with Crippen LogP contribution < -0.4 is 20.7 Å². The highest BCUT2D eigenvalue weighted by molar-refractivity contribution is 7.19. The first-order valence-corrected chi connectivity index (χ1v) is 28.4. The van der Waals surface area contributed by atoms with Gasteiger partial charge in [-0.2, -0.15) is 0 Å². The van der Waals surface area contributed by atoms with Crippen molar-refractivity contribution in [2.45, 2.75) is 5.41 Å². The van der Waals surface area contributed by atoms with Gasteiger partial charge in [-0.15, -0.1) is 0 Å². The fourth-order valence-electron chi connectivity index (χ4n) is 13.5. The van der Waals surface area contributed by atoms with Crippen molar-refractivity contribution in [1.29, 1.82) is 0 Å². The van der Waals surface area contributed by atoms with Crippen LogP contribution in [0.2, 0.25) is 0 Å². The number of benzene rings is 12. The second-order valence-electron chi connectivity index (χ2n) is 20.3. The van der Waals surface area contributed by atoms with Gasteiger partial charge in [0.2, 0.25) is 0 Å². The summed E-state index contributed by atoms with van der Waals surface area (Å²) >= 11 is 0. The zero-order valence-electron chi connectivity index (χ0n) is 41.8. The Morgan fingerprint density at radius 3 is 1.25 bits per heavy atom. The van der Waals surface area contributed by atoms with Crippen LogP contribution in [0.5, 0.6) is 0 Å². The Hall–Kier alpha value is -9.54. The van der Waals surface area contributed by atoms with Gasteiger partial charge in [0.15, 0.2) is 8.07 Å². The lowest BCUT2D eigenvalue weighted by Gasteiger charge is -2.35. The van der Waals surface area contributed by atoms with E-state index in [4.69, 9.17) is 0 Å². The Bertz CT molecular complexity index is 4350. The molecule has 0 amide bonds. The van der Waals surface area contributed by atoms with Crippen LogP contribution in [0.3, 0.4) is 0 Å². The van der Waals surface area contributed by atoms with E-state index in [-0.39, 0.29) is 0 Å². The third kappa shape index (κ3) is 6.40. The predicted octanol–water partition coefficient (Wildman–Crippen LogP) is 15.3. The smallest absolute Gasteiger partial charge is 0.179 e. The van der Waals surface area contributed by atoms with E-state index >= 15 is 0 Å². The van der Waals surface area contributed by atoms with E-state index in [1.54, 1.807) is 0 Å². The van der Waals surface area contributed by atoms with Crippen LogP contribution in [0, 0.1) is 0 Å². The molecule has 356 valence electrons. The molecule has 0 unspecified atom stereocenters. The van der Waals surface area contributed by atoms with Crippen LogP contribution >= 0.6 is 0 Å². The molecule has 0 fully saturated rings. The van der Waals surface area contributed by atoms with Crippen molar-refractivity contribution in [3.63, 3.8) is 0 Å². The predicted molar refractivity (Wildman–Crippen MR) is 321 cm³/mol. The molecule has 76 heavy (non-hydrogen) atoms. The second-order valence-corrected chi connectivity index (χ2v) is 24.1. The average Bonchev–Trinajstić information content (AvgIpc) is 4.30. The molecular weight excluding hydrogens is 933 g/mol. The van der Waals surface area contributed by atoms with Crippen LogP contribution in [-0.4, -0.2) is 17.2 Å². The van der Waals surface area contributed by atoms with E-state index in [0.29, 0.717) is 0 Å². The molecule has 2 aromatic heterocycles. The first-order valence-electron chi connectivity index (χ1n) is 26.4. The van der Waals surface area contributed by atoms with E-state index in [1.165, 1.54) is 109 Å². The molecule has 0 spiro atoms. The Morgan fingerprint density at radius 2 is 0.671 bits per heavy atom. The average molecular weight is 983 g/mol. The first-order chi connectivity index (χ1) is 37.7. The van der Waals surface area contributed by atoms with Crippen LogP contribution in [0.4, 0.5) is 0 Å². The minimum Gasteiger partial charge on any atom is -0.309 e. The number of para-hydroxylation sites is 2. The zero-order valence-corrected chi connectivity index (χ0v) is 42.8. The molecule has 1 aliphatic rings. The van der Waals surface area contributed by atoms with E-state index in [2.05, 4.69) is 312 Å². The summed E-state index contributed by atoms with van der Waals surface area (Å²) in [4.78, 5) is 0. The fourth-order valence-corrected chi connectivity index (χ4v) is 18.2. The second kappa shape index (κ2) is 17.6. The molecule has 15 rings (SSSR count). The van der Waals surface area contributed by atoms with Gasteiger partial charge in [-0.25, -0.2) is 0 Å². The van der Waals surface area contributed by atoms with Gasteiger partial charge >= 0.3 is 0 Å². The van der Waals surface area contributed by atoms with Crippen molar-refractivity contribution in [2.75, 3.05) is 0 Å². The normalized spacial score (nSPS) is 12.8. The summed E-state index contributed by atoms with van der Waals surface area (Å²) in [6.07, 6.45) is 0. The summed E-state index contributed by atoms with van der Waals surface area (Å²) in [6, 6.07) is 113. The first kappa shape index (κ1) is 44.0. The van der Waals surface area contributed by atoms with Gasteiger partial charge in [-0.1, -0.05) is 249 Å². The van der Waals surface area contributed by atoms with Crippen LogP contribution in [-0.2, 0) is 5.41 Å². The molecule has 0 saturated carbocycles. The molecule has 0 radical (unpaired) electrons. The number of nitrogens with zero attached hydrogens (tertiary/aromatic N) is 2. The lowest BCUT2D eigenvalue weighted by molar-refractivity contribution is 0.770. The molecule has 0 bridgehead atoms. The van der Waals surface area contributed by atoms with Crippen molar-refractivity contribution in [1.82, 2.24) is 9.13 Å². The number of fused-ring (bicyclic) bond motifs is 9. The van der Waals surface area contributed by atoms with Gasteiger partial charge in [-0.05, 0) is 120 Å². The molecule has 12 aromatic carbocycles. The molecule has 0 aliphatic heterocycles. The highest BCUT2D eigenvalue weighted by Gasteiger charge is 2.47. The van der Waals surface area contributed by atoms with Crippen LogP contribution in [0.25, 0.3) is 77.2 Å². The summed E-state index contributed by atoms with van der Waals surface area (Å²) in [5.41, 5.74) is 16.7. The highest BCUT2D eigenvalue weighted by atomic mass is 28.3.